The number of aromatic carboxylic acids is 1. The molecule has 0 saturated carbocycles. The highest BCUT2D eigenvalue weighted by molar-refractivity contribution is 7.90. The van der Waals surface area contributed by atoms with E-state index < -0.39 is 50.7 Å². The Morgan fingerprint density at radius 1 is 1.47 bits per heavy atom. The third-order valence-corrected chi connectivity index (χ3v) is 3.35. The number of hydrogen-bond donors (Lipinski definition) is 1. The fourth-order valence-corrected chi connectivity index (χ4v) is 2.03. The van der Waals surface area contributed by atoms with E-state index in [9.17, 15) is 26.4 Å². The number of hydrogen-bond acceptors (Lipinski definition) is 4. The summed E-state index contributed by atoms with van der Waals surface area (Å²) in [5, 5.41) is 11.0. The third-order valence-electron chi connectivity index (χ3n) is 2.05. The van der Waals surface area contributed by atoms with E-state index in [-0.39, 0.29) is 0 Å². The van der Waals surface area contributed by atoms with Crippen LogP contribution >= 0.6 is 11.6 Å². The van der Waals surface area contributed by atoms with Crippen LogP contribution in [0.3, 0.4) is 0 Å². The van der Waals surface area contributed by atoms with Gasteiger partial charge in [0, 0.05) is 6.26 Å². The predicted molar refractivity (Wildman–Crippen MR) is 58.9 cm³/mol. The average Bonchev–Trinajstić information content (AvgIpc) is 2.51. The van der Waals surface area contributed by atoms with Crippen LogP contribution in [0.4, 0.5) is 13.2 Å². The van der Waals surface area contributed by atoms with Gasteiger partial charge in [-0.2, -0.15) is 18.3 Å². The first-order valence-corrected chi connectivity index (χ1v) is 7.12. The summed E-state index contributed by atoms with van der Waals surface area (Å²) in [5.41, 5.74) is -2.85. The minimum Gasteiger partial charge on any atom is -0.478 e. The molecule has 0 aliphatic rings. The maximum atomic E-state index is 12.6. The molecule has 0 aromatic carbocycles. The van der Waals surface area contributed by atoms with Crippen molar-refractivity contribution in [2.24, 2.45) is 0 Å². The van der Waals surface area contributed by atoms with Gasteiger partial charge in [-0.25, -0.2) is 13.2 Å². The molecule has 1 N–H and O–H groups in total. The summed E-state index contributed by atoms with van der Waals surface area (Å²) in [6.07, 6.45) is -4.11. The Hall–Kier alpha value is -1.29. The van der Waals surface area contributed by atoms with Crippen molar-refractivity contribution in [2.45, 2.75) is 12.7 Å². The molecule has 1 aromatic rings. The molecule has 1 aromatic heterocycles. The fraction of sp³-hybridized carbons (Fsp3) is 0.500. The van der Waals surface area contributed by atoms with Crippen LogP contribution in [0.2, 0.25) is 5.15 Å². The molecule has 11 heteroatoms. The normalized spacial score (nSPS) is 12.7. The van der Waals surface area contributed by atoms with Gasteiger partial charge in [-0.05, 0) is 0 Å². The molecule has 0 unspecified atom stereocenters. The molecule has 1 rings (SSSR count). The number of carboxylic acid groups (broad SMARTS) is 1. The molecule has 0 radical (unpaired) electrons. The minimum atomic E-state index is -4.99. The Morgan fingerprint density at radius 3 is 2.32 bits per heavy atom. The zero-order valence-electron chi connectivity index (χ0n) is 9.40. The van der Waals surface area contributed by atoms with Crippen LogP contribution in [-0.4, -0.2) is 41.3 Å². The van der Waals surface area contributed by atoms with E-state index in [0.29, 0.717) is 4.68 Å². The van der Waals surface area contributed by atoms with Crippen molar-refractivity contribution in [3.63, 3.8) is 0 Å². The van der Waals surface area contributed by atoms with E-state index in [4.69, 9.17) is 16.7 Å². The number of alkyl halides is 3. The number of sulfone groups is 1. The lowest BCUT2D eigenvalue weighted by Crippen LogP contribution is -2.14. The van der Waals surface area contributed by atoms with E-state index in [1.807, 2.05) is 0 Å². The van der Waals surface area contributed by atoms with E-state index in [1.54, 1.807) is 0 Å². The minimum absolute atomic E-state index is 0.464. The number of carboxylic acids is 1. The lowest BCUT2D eigenvalue weighted by atomic mass is 10.2. The average molecular weight is 321 g/mol. The Bertz CT molecular complexity index is 608. The standard InChI is InChI=1S/C8H8ClF3N2O4S/c1-19(17,18)3-2-14-6(9)4(7(15)16)5(13-14)8(10,11)12/h2-3H2,1H3,(H,15,16). The van der Waals surface area contributed by atoms with Crippen molar-refractivity contribution in [1.82, 2.24) is 9.78 Å². The largest absolute Gasteiger partial charge is 0.478 e. The highest BCUT2D eigenvalue weighted by atomic mass is 35.5. The predicted octanol–water partition coefficient (Wildman–Crippen LogP) is 1.30. The number of halogens is 4. The third kappa shape index (κ3) is 3.83. The second-order valence-electron chi connectivity index (χ2n) is 3.67. The zero-order valence-corrected chi connectivity index (χ0v) is 11.0. The first-order chi connectivity index (χ1) is 8.43. The maximum absolute atomic E-state index is 12.6. The quantitative estimate of drug-likeness (QED) is 0.903. The molecule has 0 amide bonds. The first kappa shape index (κ1) is 15.8. The van der Waals surface area contributed by atoms with Crippen molar-refractivity contribution < 1.29 is 31.5 Å². The van der Waals surface area contributed by atoms with Crippen LogP contribution in [0.15, 0.2) is 0 Å². The lowest BCUT2D eigenvalue weighted by Gasteiger charge is -2.02. The van der Waals surface area contributed by atoms with Gasteiger partial charge in [-0.15, -0.1) is 0 Å². The molecule has 0 fully saturated rings. The molecule has 0 spiro atoms. The summed E-state index contributed by atoms with van der Waals surface area (Å²) in [6.45, 7) is -0.464. The molecular formula is C8H8ClF3N2O4S. The van der Waals surface area contributed by atoms with Crippen molar-refractivity contribution in [1.29, 1.82) is 0 Å². The van der Waals surface area contributed by atoms with E-state index in [1.165, 1.54) is 0 Å². The van der Waals surface area contributed by atoms with E-state index in [0.717, 1.165) is 6.26 Å². The van der Waals surface area contributed by atoms with Gasteiger partial charge in [-0.3, -0.25) is 4.68 Å². The Morgan fingerprint density at radius 2 is 2.00 bits per heavy atom. The van der Waals surface area contributed by atoms with Gasteiger partial charge in [0.1, 0.15) is 20.6 Å². The molecule has 1 heterocycles. The second kappa shape index (κ2) is 5.00. The monoisotopic (exact) mass is 320 g/mol. The van der Waals surface area contributed by atoms with Gasteiger partial charge in [0.25, 0.3) is 0 Å². The summed E-state index contributed by atoms with van der Waals surface area (Å²) < 4.78 is 60.0. The van der Waals surface area contributed by atoms with Crippen LogP contribution < -0.4 is 0 Å². The molecular weight excluding hydrogens is 313 g/mol. The summed E-state index contributed by atoms with van der Waals surface area (Å²) in [7, 11) is -3.45. The van der Waals surface area contributed by atoms with Crippen molar-refractivity contribution in [3.05, 3.63) is 16.4 Å². The van der Waals surface area contributed by atoms with Crippen LogP contribution in [0.5, 0.6) is 0 Å². The summed E-state index contributed by atoms with van der Waals surface area (Å²) in [6, 6.07) is 0. The maximum Gasteiger partial charge on any atom is 0.436 e. The molecule has 6 nitrogen and oxygen atoms in total. The molecule has 108 valence electrons. The van der Waals surface area contributed by atoms with Gasteiger partial charge in [0.15, 0.2) is 5.69 Å². The summed E-state index contributed by atoms with van der Waals surface area (Å²) in [4.78, 5) is 10.7. The highest BCUT2D eigenvalue weighted by Gasteiger charge is 2.41. The first-order valence-electron chi connectivity index (χ1n) is 4.68. The molecule has 19 heavy (non-hydrogen) atoms. The Labute approximate surface area is 110 Å². The number of aryl methyl sites for hydroxylation is 1. The number of nitrogens with zero attached hydrogens (tertiary/aromatic N) is 2. The van der Waals surface area contributed by atoms with Gasteiger partial charge in [-0.1, -0.05) is 11.6 Å². The van der Waals surface area contributed by atoms with Gasteiger partial charge >= 0.3 is 12.1 Å². The van der Waals surface area contributed by atoms with E-state index in [2.05, 4.69) is 5.10 Å². The van der Waals surface area contributed by atoms with Crippen molar-refractivity contribution in [3.8, 4) is 0 Å². The van der Waals surface area contributed by atoms with Crippen LogP contribution in [0, 0.1) is 0 Å². The second-order valence-corrected chi connectivity index (χ2v) is 6.29. The Balaban J connectivity index is 3.26. The van der Waals surface area contributed by atoms with Gasteiger partial charge < -0.3 is 5.11 Å². The molecule has 0 atom stereocenters. The lowest BCUT2D eigenvalue weighted by molar-refractivity contribution is -0.142. The smallest absolute Gasteiger partial charge is 0.436 e. The molecule has 0 aliphatic heterocycles. The van der Waals surface area contributed by atoms with Gasteiger partial charge in [0.05, 0.1) is 12.3 Å². The molecule has 0 aliphatic carbocycles. The molecule has 0 saturated heterocycles. The number of aromatic nitrogens is 2. The van der Waals surface area contributed by atoms with Crippen LogP contribution in [0.25, 0.3) is 0 Å². The highest BCUT2D eigenvalue weighted by Crippen LogP contribution is 2.34. The topological polar surface area (TPSA) is 89.3 Å². The summed E-state index contributed by atoms with van der Waals surface area (Å²) in [5.74, 6) is -2.40. The SMILES string of the molecule is CS(=O)(=O)CCn1nc(C(F)(F)F)c(C(=O)O)c1Cl. The number of rotatable bonds is 4. The zero-order chi connectivity index (χ0) is 15.0. The van der Waals surface area contributed by atoms with Crippen molar-refractivity contribution in [2.75, 3.05) is 12.0 Å². The molecule has 0 bridgehead atoms. The van der Waals surface area contributed by atoms with Crippen molar-refractivity contribution >= 4 is 27.4 Å². The van der Waals surface area contributed by atoms with Crippen LogP contribution in [0.1, 0.15) is 16.1 Å². The van der Waals surface area contributed by atoms with Crippen LogP contribution in [-0.2, 0) is 22.6 Å². The summed E-state index contributed by atoms with van der Waals surface area (Å²) >= 11 is 5.48. The van der Waals surface area contributed by atoms with Gasteiger partial charge in [0.2, 0.25) is 0 Å². The van der Waals surface area contributed by atoms with E-state index >= 15 is 0 Å². The number of carbonyl (C=O) groups is 1. The Kier molecular flexibility index (Phi) is 4.15. The fourth-order valence-electron chi connectivity index (χ4n) is 1.23.